The highest BCUT2D eigenvalue weighted by Crippen LogP contribution is 2.29. The fraction of sp³-hybridized carbons (Fsp3) is 0.500. The molecule has 1 N–H and O–H groups in total. The van der Waals surface area contributed by atoms with Crippen molar-refractivity contribution in [3.05, 3.63) is 59.7 Å². The zero-order valence-electron chi connectivity index (χ0n) is 17.5. The maximum Gasteiger partial charge on any atom is 0.161 e. The Labute approximate surface area is 177 Å². The summed E-state index contributed by atoms with van der Waals surface area (Å²) < 4.78 is 11.6. The summed E-state index contributed by atoms with van der Waals surface area (Å²) in [5, 5.41) is 3.69. The molecule has 0 aromatic heterocycles. The van der Waals surface area contributed by atoms with Crippen LogP contribution >= 0.6 is 0 Å². The number of benzene rings is 2. The summed E-state index contributed by atoms with van der Waals surface area (Å²) in [5.74, 6) is 1.65. The van der Waals surface area contributed by atoms with Gasteiger partial charge in [0.2, 0.25) is 0 Å². The van der Waals surface area contributed by atoms with Gasteiger partial charge in [-0.15, -0.1) is 0 Å². The zero-order valence-corrected chi connectivity index (χ0v) is 18.3. The average Bonchev–Trinajstić information content (AvgIpc) is 2.71. The number of methoxy groups -OCH3 is 1. The molecular formula is C24H35ClNO2-. The summed E-state index contributed by atoms with van der Waals surface area (Å²) in [6.07, 6.45) is 6.80. The van der Waals surface area contributed by atoms with Gasteiger partial charge in [0.05, 0.1) is 13.7 Å². The Morgan fingerprint density at radius 3 is 2.39 bits per heavy atom. The molecule has 0 aliphatic rings. The summed E-state index contributed by atoms with van der Waals surface area (Å²) >= 11 is 0. The third-order valence-electron chi connectivity index (χ3n) is 4.79. The van der Waals surface area contributed by atoms with E-state index in [4.69, 9.17) is 9.47 Å². The topological polar surface area (TPSA) is 30.5 Å². The minimum atomic E-state index is 0. The zero-order chi connectivity index (χ0) is 19.3. The first-order chi connectivity index (χ1) is 13.3. The van der Waals surface area contributed by atoms with Gasteiger partial charge in [-0.25, -0.2) is 0 Å². The van der Waals surface area contributed by atoms with E-state index in [9.17, 15) is 0 Å². The van der Waals surface area contributed by atoms with E-state index < -0.39 is 0 Å². The minimum Gasteiger partial charge on any atom is -1.00 e. The first kappa shape index (κ1) is 24.3. The Kier molecular flexibility index (Phi) is 12.4. The Morgan fingerprint density at radius 1 is 0.929 bits per heavy atom. The predicted molar refractivity (Wildman–Crippen MR) is 114 cm³/mol. The molecule has 1 unspecified atom stereocenters. The van der Waals surface area contributed by atoms with Crippen molar-refractivity contribution >= 4 is 0 Å². The van der Waals surface area contributed by atoms with Crippen molar-refractivity contribution in [2.24, 2.45) is 0 Å². The van der Waals surface area contributed by atoms with Crippen molar-refractivity contribution in [2.75, 3.05) is 20.3 Å². The van der Waals surface area contributed by atoms with Crippen LogP contribution in [0.4, 0.5) is 0 Å². The number of rotatable bonds is 13. The Bertz CT molecular complexity index is 640. The maximum atomic E-state index is 6.07. The van der Waals surface area contributed by atoms with Crippen molar-refractivity contribution < 1.29 is 21.9 Å². The molecule has 0 saturated carbocycles. The summed E-state index contributed by atoms with van der Waals surface area (Å²) in [6.45, 7) is 6.20. The van der Waals surface area contributed by atoms with Gasteiger partial charge >= 0.3 is 0 Å². The third-order valence-corrected chi connectivity index (χ3v) is 4.79. The summed E-state index contributed by atoms with van der Waals surface area (Å²) in [4.78, 5) is 0. The van der Waals surface area contributed by atoms with E-state index in [1.807, 2.05) is 12.1 Å². The van der Waals surface area contributed by atoms with Gasteiger partial charge in [-0.3, -0.25) is 0 Å². The van der Waals surface area contributed by atoms with Gasteiger partial charge in [0.25, 0.3) is 0 Å². The number of hydrogen-bond donors (Lipinski definition) is 1. The number of ether oxygens (including phenoxy) is 2. The molecule has 0 fully saturated rings. The van der Waals surface area contributed by atoms with E-state index in [1.54, 1.807) is 7.11 Å². The van der Waals surface area contributed by atoms with Gasteiger partial charge < -0.3 is 27.2 Å². The molecule has 0 heterocycles. The standard InChI is InChI=1S/C24H35NO2.ClH/c1-4-6-12-22(25-16-5-2)18-21-13-14-23(26-3)24(19-21)27-17-15-20-10-8-7-9-11-20;/h7-11,13-14,19,22,25H,4-6,12,15-18H2,1-3H3;1H/p-1. The molecule has 0 radical (unpaired) electrons. The SMILES string of the molecule is CCCCC(Cc1ccc(OC)c(OCCc2ccccc2)c1)NCCC.[Cl-]. The fourth-order valence-electron chi connectivity index (χ4n) is 3.24. The molecule has 156 valence electrons. The quantitative estimate of drug-likeness (QED) is 0.556. The molecule has 2 aromatic rings. The summed E-state index contributed by atoms with van der Waals surface area (Å²) in [5.41, 5.74) is 2.59. The lowest BCUT2D eigenvalue weighted by atomic mass is 10.0. The smallest absolute Gasteiger partial charge is 0.161 e. The van der Waals surface area contributed by atoms with Gasteiger partial charge in [-0.2, -0.15) is 0 Å². The molecule has 0 amide bonds. The van der Waals surface area contributed by atoms with E-state index in [0.717, 1.165) is 30.9 Å². The average molecular weight is 405 g/mol. The summed E-state index contributed by atoms with van der Waals surface area (Å²) in [7, 11) is 1.70. The van der Waals surface area contributed by atoms with Crippen LogP contribution in [0.25, 0.3) is 0 Å². The maximum absolute atomic E-state index is 6.07. The van der Waals surface area contributed by atoms with Crippen LogP contribution in [0, 0.1) is 0 Å². The second kappa shape index (κ2) is 14.3. The highest BCUT2D eigenvalue weighted by atomic mass is 35.5. The van der Waals surface area contributed by atoms with E-state index in [0.29, 0.717) is 12.6 Å². The molecule has 28 heavy (non-hydrogen) atoms. The Morgan fingerprint density at radius 2 is 1.71 bits per heavy atom. The lowest BCUT2D eigenvalue weighted by molar-refractivity contribution is -0.00000652. The molecule has 3 nitrogen and oxygen atoms in total. The molecule has 0 aliphatic heterocycles. The second-order valence-electron chi connectivity index (χ2n) is 7.07. The van der Waals surface area contributed by atoms with Crippen LogP contribution in [0.2, 0.25) is 0 Å². The predicted octanol–water partition coefficient (Wildman–Crippen LogP) is 2.42. The first-order valence-electron chi connectivity index (χ1n) is 10.3. The number of unbranched alkanes of at least 4 members (excludes halogenated alkanes) is 1. The fourth-order valence-corrected chi connectivity index (χ4v) is 3.24. The lowest BCUT2D eigenvalue weighted by Crippen LogP contribution is -3.00. The minimum absolute atomic E-state index is 0. The van der Waals surface area contributed by atoms with Crippen molar-refractivity contribution in [3.8, 4) is 11.5 Å². The van der Waals surface area contributed by atoms with Crippen LogP contribution in [0.1, 0.15) is 50.7 Å². The van der Waals surface area contributed by atoms with Crippen LogP contribution in [0.15, 0.2) is 48.5 Å². The molecule has 0 saturated heterocycles. The van der Waals surface area contributed by atoms with Crippen molar-refractivity contribution in [2.45, 2.75) is 58.4 Å². The Balaban J connectivity index is 0.00000392. The van der Waals surface area contributed by atoms with Gasteiger partial charge in [-0.1, -0.05) is 63.1 Å². The second-order valence-corrected chi connectivity index (χ2v) is 7.07. The number of hydrogen-bond acceptors (Lipinski definition) is 3. The van der Waals surface area contributed by atoms with Crippen LogP contribution in [0.3, 0.4) is 0 Å². The van der Waals surface area contributed by atoms with E-state index >= 15 is 0 Å². The molecule has 0 spiro atoms. The molecule has 2 aromatic carbocycles. The van der Waals surface area contributed by atoms with Crippen molar-refractivity contribution in [1.29, 1.82) is 0 Å². The van der Waals surface area contributed by atoms with Crippen molar-refractivity contribution in [1.82, 2.24) is 5.32 Å². The molecule has 2 rings (SSSR count). The van der Waals surface area contributed by atoms with Crippen LogP contribution in [0.5, 0.6) is 11.5 Å². The number of halogens is 1. The first-order valence-corrected chi connectivity index (χ1v) is 10.3. The van der Waals surface area contributed by atoms with Gasteiger partial charge in [0.15, 0.2) is 11.5 Å². The van der Waals surface area contributed by atoms with Crippen molar-refractivity contribution in [3.63, 3.8) is 0 Å². The Hall–Kier alpha value is -1.71. The van der Waals surface area contributed by atoms with E-state index in [2.05, 4.69) is 55.6 Å². The molecule has 0 bridgehead atoms. The van der Waals surface area contributed by atoms with Gasteiger partial charge in [0, 0.05) is 12.5 Å². The highest BCUT2D eigenvalue weighted by Gasteiger charge is 2.12. The van der Waals surface area contributed by atoms with E-state index in [1.165, 1.54) is 36.8 Å². The van der Waals surface area contributed by atoms with E-state index in [-0.39, 0.29) is 12.4 Å². The number of nitrogens with one attached hydrogen (secondary N) is 1. The third kappa shape index (κ3) is 8.53. The van der Waals surface area contributed by atoms with Gasteiger partial charge in [-0.05, 0) is 49.1 Å². The molecule has 0 aliphatic carbocycles. The van der Waals surface area contributed by atoms with Crippen LogP contribution in [-0.4, -0.2) is 26.3 Å². The lowest BCUT2D eigenvalue weighted by Gasteiger charge is -2.19. The highest BCUT2D eigenvalue weighted by molar-refractivity contribution is 5.43. The molecule has 4 heteroatoms. The largest absolute Gasteiger partial charge is 1.00 e. The monoisotopic (exact) mass is 404 g/mol. The van der Waals surface area contributed by atoms with Crippen LogP contribution in [-0.2, 0) is 12.8 Å². The molecular weight excluding hydrogens is 370 g/mol. The van der Waals surface area contributed by atoms with Gasteiger partial charge in [0.1, 0.15) is 0 Å². The molecule has 1 atom stereocenters. The normalized spacial score (nSPS) is 11.5. The summed E-state index contributed by atoms with van der Waals surface area (Å²) in [6, 6.07) is 17.3. The van der Waals surface area contributed by atoms with Crippen LogP contribution < -0.4 is 27.2 Å².